The molecular formula is C18H25N5O3S. The van der Waals surface area contributed by atoms with Crippen LogP contribution in [0.2, 0.25) is 0 Å². The van der Waals surface area contributed by atoms with Crippen molar-refractivity contribution in [3.8, 4) is 0 Å². The lowest BCUT2D eigenvalue weighted by Crippen LogP contribution is -2.39. The molecule has 0 saturated carbocycles. The number of nitrogens with zero attached hydrogens (tertiary/aromatic N) is 4. The molecule has 4 heterocycles. The topological polar surface area (TPSA) is 109 Å². The summed E-state index contributed by atoms with van der Waals surface area (Å²) in [5, 5.41) is 12.2. The van der Waals surface area contributed by atoms with E-state index in [2.05, 4.69) is 28.7 Å². The number of aliphatic hydroxyl groups excluding tert-OH is 1. The normalized spacial score (nSPS) is 25.5. The molecule has 0 radical (unpaired) electrons. The van der Waals surface area contributed by atoms with Crippen LogP contribution in [0.1, 0.15) is 41.8 Å². The molecule has 3 N–H and O–H groups in total. The zero-order chi connectivity index (χ0) is 19.2. The van der Waals surface area contributed by atoms with Gasteiger partial charge in [-0.2, -0.15) is 0 Å². The Hall–Kier alpha value is -1.97. The summed E-state index contributed by atoms with van der Waals surface area (Å²) in [4.78, 5) is 25.4. The predicted molar refractivity (Wildman–Crippen MR) is 101 cm³/mol. The highest BCUT2D eigenvalue weighted by Gasteiger charge is 2.53. The van der Waals surface area contributed by atoms with E-state index in [-0.39, 0.29) is 29.8 Å². The molecule has 0 aliphatic carbocycles. The Labute approximate surface area is 162 Å². The lowest BCUT2D eigenvalue weighted by molar-refractivity contribution is 0.0714. The summed E-state index contributed by atoms with van der Waals surface area (Å²) in [6.45, 7) is 7.60. The standard InChI is InChI=1S/C18H25N5O3S/c1-11(2)15-20-13(6-26-15)5-22-3-12-4-23(9-18(12,8-22)10-24)16(25)14-7-27-17(19)21-14/h6-7,11-12,24H,3-5,8-10H2,1-2H3,(H2,19,21). The smallest absolute Gasteiger partial charge is 0.273 e. The number of likely N-dealkylation sites (tertiary alicyclic amines) is 2. The van der Waals surface area contributed by atoms with Gasteiger partial charge in [-0.25, -0.2) is 9.97 Å². The number of hydrogen-bond donors (Lipinski definition) is 2. The minimum atomic E-state index is -0.290. The summed E-state index contributed by atoms with van der Waals surface area (Å²) in [6.07, 6.45) is 1.72. The number of amides is 1. The van der Waals surface area contributed by atoms with E-state index in [9.17, 15) is 9.90 Å². The number of oxazole rings is 1. The molecule has 2 fully saturated rings. The van der Waals surface area contributed by atoms with Gasteiger partial charge < -0.3 is 20.2 Å². The highest BCUT2D eigenvalue weighted by molar-refractivity contribution is 7.13. The Balaban J connectivity index is 1.42. The zero-order valence-electron chi connectivity index (χ0n) is 15.6. The molecule has 2 aromatic heterocycles. The number of aliphatic hydroxyl groups is 1. The third-order valence-corrected chi connectivity index (χ3v) is 6.30. The van der Waals surface area contributed by atoms with E-state index >= 15 is 0 Å². The monoisotopic (exact) mass is 391 g/mol. The molecular weight excluding hydrogens is 366 g/mol. The van der Waals surface area contributed by atoms with Gasteiger partial charge in [0.15, 0.2) is 11.0 Å². The first-order valence-electron chi connectivity index (χ1n) is 9.18. The summed E-state index contributed by atoms with van der Waals surface area (Å²) < 4.78 is 5.53. The van der Waals surface area contributed by atoms with Crippen LogP contribution in [0.25, 0.3) is 0 Å². The summed E-state index contributed by atoms with van der Waals surface area (Å²) >= 11 is 1.27. The zero-order valence-corrected chi connectivity index (χ0v) is 16.4. The van der Waals surface area contributed by atoms with Crippen molar-refractivity contribution in [2.75, 3.05) is 38.5 Å². The van der Waals surface area contributed by atoms with Crippen LogP contribution in [-0.4, -0.2) is 63.6 Å². The molecule has 0 bridgehead atoms. The summed E-state index contributed by atoms with van der Waals surface area (Å²) in [5.74, 6) is 1.15. The van der Waals surface area contributed by atoms with Crippen LogP contribution < -0.4 is 5.73 Å². The van der Waals surface area contributed by atoms with Crippen molar-refractivity contribution >= 4 is 22.4 Å². The van der Waals surface area contributed by atoms with Crippen molar-refractivity contribution in [2.24, 2.45) is 11.3 Å². The first-order valence-corrected chi connectivity index (χ1v) is 10.1. The highest BCUT2D eigenvalue weighted by Crippen LogP contribution is 2.43. The van der Waals surface area contributed by atoms with Crippen LogP contribution in [0, 0.1) is 11.3 Å². The number of anilines is 1. The van der Waals surface area contributed by atoms with Crippen molar-refractivity contribution in [3.05, 3.63) is 28.9 Å². The second-order valence-corrected chi connectivity index (χ2v) is 8.87. The first kappa shape index (κ1) is 18.4. The maximum absolute atomic E-state index is 12.7. The molecule has 8 nitrogen and oxygen atoms in total. The predicted octanol–water partition coefficient (Wildman–Crippen LogP) is 1.40. The van der Waals surface area contributed by atoms with Crippen LogP contribution in [-0.2, 0) is 6.54 Å². The van der Waals surface area contributed by atoms with Crippen molar-refractivity contribution < 1.29 is 14.3 Å². The highest BCUT2D eigenvalue weighted by atomic mass is 32.1. The second kappa shape index (κ2) is 6.88. The largest absolute Gasteiger partial charge is 0.448 e. The summed E-state index contributed by atoms with van der Waals surface area (Å²) in [6, 6.07) is 0. The van der Waals surface area contributed by atoms with Crippen LogP contribution in [0.5, 0.6) is 0 Å². The Bertz CT molecular complexity index is 835. The minimum absolute atomic E-state index is 0.0627. The van der Waals surface area contributed by atoms with E-state index in [1.165, 1.54) is 11.3 Å². The van der Waals surface area contributed by atoms with Gasteiger partial charge in [-0.05, 0) is 5.92 Å². The molecule has 2 aliphatic heterocycles. The van der Waals surface area contributed by atoms with E-state index in [1.54, 1.807) is 16.5 Å². The molecule has 2 aliphatic rings. The Morgan fingerprint density at radius 2 is 2.26 bits per heavy atom. The molecule has 146 valence electrons. The number of carbonyl (C=O) groups excluding carboxylic acids is 1. The van der Waals surface area contributed by atoms with Gasteiger partial charge in [0.05, 0.1) is 12.3 Å². The van der Waals surface area contributed by atoms with Crippen LogP contribution in [0.3, 0.4) is 0 Å². The SMILES string of the molecule is CC(C)c1nc(CN2CC3CN(C(=O)c4csc(N)n4)CC3(CO)C2)co1. The van der Waals surface area contributed by atoms with Gasteiger partial charge in [-0.3, -0.25) is 9.69 Å². The molecule has 0 spiro atoms. The molecule has 2 saturated heterocycles. The fourth-order valence-electron chi connectivity index (χ4n) is 4.23. The average molecular weight is 391 g/mol. The van der Waals surface area contributed by atoms with Crippen molar-refractivity contribution in [3.63, 3.8) is 0 Å². The summed E-state index contributed by atoms with van der Waals surface area (Å²) in [5.41, 5.74) is 6.67. The molecule has 0 aromatic carbocycles. The van der Waals surface area contributed by atoms with Gasteiger partial charge >= 0.3 is 0 Å². The Morgan fingerprint density at radius 3 is 2.85 bits per heavy atom. The third-order valence-electron chi connectivity index (χ3n) is 5.62. The number of hydrogen-bond acceptors (Lipinski definition) is 8. The fourth-order valence-corrected chi connectivity index (χ4v) is 4.76. The van der Waals surface area contributed by atoms with E-state index < -0.39 is 0 Å². The number of rotatable bonds is 5. The molecule has 2 unspecified atom stereocenters. The van der Waals surface area contributed by atoms with Gasteiger partial charge in [0.25, 0.3) is 5.91 Å². The average Bonchev–Trinajstić information content (AvgIpc) is 3.37. The van der Waals surface area contributed by atoms with Gasteiger partial charge in [-0.15, -0.1) is 11.3 Å². The first-order chi connectivity index (χ1) is 12.9. The fraction of sp³-hybridized carbons (Fsp3) is 0.611. The lowest BCUT2D eigenvalue weighted by atomic mass is 9.82. The van der Waals surface area contributed by atoms with Gasteiger partial charge in [0, 0.05) is 49.4 Å². The second-order valence-electron chi connectivity index (χ2n) is 7.98. The molecule has 27 heavy (non-hydrogen) atoms. The molecule has 2 aromatic rings. The maximum atomic E-state index is 12.7. The number of carbonyl (C=O) groups is 1. The van der Waals surface area contributed by atoms with Crippen LogP contribution >= 0.6 is 11.3 Å². The number of fused-ring (bicyclic) bond motifs is 1. The molecule has 2 atom stereocenters. The number of nitrogens with two attached hydrogens (primary N) is 1. The molecule has 4 rings (SSSR count). The van der Waals surface area contributed by atoms with Crippen LogP contribution in [0.15, 0.2) is 16.1 Å². The maximum Gasteiger partial charge on any atom is 0.273 e. The Kier molecular flexibility index (Phi) is 4.69. The number of nitrogen functional groups attached to an aromatic ring is 1. The summed E-state index contributed by atoms with van der Waals surface area (Å²) in [7, 11) is 0. The minimum Gasteiger partial charge on any atom is -0.448 e. The van der Waals surface area contributed by atoms with E-state index in [0.717, 1.165) is 24.7 Å². The van der Waals surface area contributed by atoms with Crippen molar-refractivity contribution in [2.45, 2.75) is 26.3 Å². The van der Waals surface area contributed by atoms with Crippen molar-refractivity contribution in [1.29, 1.82) is 0 Å². The van der Waals surface area contributed by atoms with Gasteiger partial charge in [0.1, 0.15) is 12.0 Å². The molecule has 9 heteroatoms. The van der Waals surface area contributed by atoms with E-state index in [0.29, 0.717) is 30.5 Å². The van der Waals surface area contributed by atoms with Crippen LogP contribution in [0.4, 0.5) is 5.13 Å². The number of aromatic nitrogens is 2. The van der Waals surface area contributed by atoms with Gasteiger partial charge in [-0.1, -0.05) is 13.8 Å². The molecule has 1 amide bonds. The van der Waals surface area contributed by atoms with E-state index in [4.69, 9.17) is 10.2 Å². The number of thiazole rings is 1. The third kappa shape index (κ3) is 3.35. The lowest BCUT2D eigenvalue weighted by Gasteiger charge is -2.26. The van der Waals surface area contributed by atoms with Gasteiger partial charge in [0.2, 0.25) is 0 Å². The van der Waals surface area contributed by atoms with E-state index in [1.807, 2.05) is 0 Å². The van der Waals surface area contributed by atoms with Crippen molar-refractivity contribution in [1.82, 2.24) is 19.8 Å². The quantitative estimate of drug-likeness (QED) is 0.793. The Morgan fingerprint density at radius 1 is 1.44 bits per heavy atom.